The maximum absolute atomic E-state index is 12.9. The van der Waals surface area contributed by atoms with E-state index in [4.69, 9.17) is 0 Å². The van der Waals surface area contributed by atoms with Crippen molar-refractivity contribution in [1.29, 1.82) is 0 Å². The first-order valence-corrected chi connectivity index (χ1v) is 8.99. The number of benzene rings is 2. The van der Waals surface area contributed by atoms with Gasteiger partial charge in [-0.25, -0.2) is 5.01 Å². The van der Waals surface area contributed by atoms with Crippen LogP contribution < -0.4 is 5.32 Å². The van der Waals surface area contributed by atoms with Crippen molar-refractivity contribution in [3.8, 4) is 0 Å². The van der Waals surface area contributed by atoms with E-state index in [1.54, 1.807) is 0 Å². The lowest BCUT2D eigenvalue weighted by Gasteiger charge is -2.10. The van der Waals surface area contributed by atoms with E-state index >= 15 is 0 Å². The molecule has 1 heterocycles. The van der Waals surface area contributed by atoms with Gasteiger partial charge < -0.3 is 5.32 Å². The van der Waals surface area contributed by atoms with Crippen LogP contribution in [0.5, 0.6) is 0 Å². The lowest BCUT2D eigenvalue weighted by molar-refractivity contribution is -0.129. The van der Waals surface area contributed by atoms with Gasteiger partial charge in [0.25, 0.3) is 11.8 Å². The summed E-state index contributed by atoms with van der Waals surface area (Å²) in [7, 11) is -4.82. The second-order valence-electron chi connectivity index (χ2n) is 5.58. The quantitative estimate of drug-likeness (QED) is 0.825. The van der Waals surface area contributed by atoms with Crippen LogP contribution in [-0.2, 0) is 21.6 Å². The maximum Gasteiger partial charge on any atom is 0.332 e. The summed E-state index contributed by atoms with van der Waals surface area (Å²) in [5, 5.41) is 7.87. The molecule has 2 aromatic rings. The zero-order chi connectivity index (χ0) is 18.7. The second-order valence-corrected chi connectivity index (χ2v) is 6.92. The molecule has 0 saturated heterocycles. The lowest BCUT2D eigenvalue weighted by Crippen LogP contribution is -2.29. The van der Waals surface area contributed by atoms with Crippen LogP contribution in [0, 0.1) is 0 Å². The van der Waals surface area contributed by atoms with Gasteiger partial charge in [-0.15, -0.1) is 3.89 Å². The molecule has 0 saturated carbocycles. The van der Waals surface area contributed by atoms with Gasteiger partial charge in [-0.3, -0.25) is 9.59 Å². The Morgan fingerprint density at radius 1 is 1.12 bits per heavy atom. The van der Waals surface area contributed by atoms with Crippen molar-refractivity contribution in [3.63, 3.8) is 0 Å². The van der Waals surface area contributed by atoms with Gasteiger partial charge in [0.1, 0.15) is 5.84 Å². The molecule has 26 heavy (non-hydrogen) atoms. The fourth-order valence-corrected chi connectivity index (χ4v) is 2.85. The van der Waals surface area contributed by atoms with E-state index in [9.17, 15) is 21.9 Å². The van der Waals surface area contributed by atoms with E-state index < -0.39 is 21.0 Å². The maximum atomic E-state index is 12.9. The van der Waals surface area contributed by atoms with Crippen molar-refractivity contribution in [3.05, 3.63) is 65.7 Å². The van der Waals surface area contributed by atoms with E-state index in [1.165, 1.54) is 17.1 Å². The van der Waals surface area contributed by atoms with Gasteiger partial charge in [-0.05, 0) is 29.8 Å². The van der Waals surface area contributed by atoms with Crippen LogP contribution in [0.15, 0.2) is 64.6 Å². The Morgan fingerprint density at radius 3 is 2.38 bits per heavy atom. The number of hydrazone groups is 1. The molecule has 0 bridgehead atoms. The molecule has 7 nitrogen and oxygen atoms in total. The number of nitrogens with one attached hydrogen (secondary N) is 1. The first-order valence-electron chi connectivity index (χ1n) is 7.61. The van der Waals surface area contributed by atoms with Gasteiger partial charge >= 0.3 is 10.2 Å². The molecular weight excluding hydrogens is 361 g/mol. The average Bonchev–Trinajstić information content (AvgIpc) is 2.94. The molecule has 3 rings (SSSR count). The van der Waals surface area contributed by atoms with Gasteiger partial charge in [-0.2, -0.15) is 13.5 Å². The van der Waals surface area contributed by atoms with Crippen molar-refractivity contribution >= 4 is 27.9 Å². The van der Waals surface area contributed by atoms with Crippen LogP contribution in [0.25, 0.3) is 0 Å². The fraction of sp³-hybridized carbons (Fsp3) is 0.118. The molecule has 134 valence electrons. The molecule has 2 amide bonds. The molecule has 9 heteroatoms. The van der Waals surface area contributed by atoms with E-state index in [0.29, 0.717) is 6.54 Å². The average molecular weight is 375 g/mol. The standard InChI is InChI=1S/C17H14FN3O4S/c18-26(24,25)14-8-6-13(7-9-14)17(23)19-15-10-16(22)21(20-15)11-12-4-2-1-3-5-12/h1-9H,10-11H2,(H,19,20,23). The third-order valence-corrected chi connectivity index (χ3v) is 4.51. The number of hydrogen-bond donors (Lipinski definition) is 1. The minimum absolute atomic E-state index is 0.0461. The van der Waals surface area contributed by atoms with Gasteiger partial charge in [0.15, 0.2) is 0 Å². The third kappa shape index (κ3) is 4.12. The number of rotatable bonds is 4. The summed E-state index contributed by atoms with van der Waals surface area (Å²) in [5.74, 6) is -0.623. The monoisotopic (exact) mass is 375 g/mol. The Bertz CT molecular complexity index is 973. The molecule has 0 aromatic heterocycles. The van der Waals surface area contributed by atoms with Crippen molar-refractivity contribution < 1.29 is 21.9 Å². The zero-order valence-electron chi connectivity index (χ0n) is 13.4. The summed E-state index contributed by atoms with van der Waals surface area (Å²) in [6.45, 7) is 0.294. The first kappa shape index (κ1) is 17.7. The second kappa shape index (κ2) is 7.04. The molecule has 0 fully saturated rings. The normalized spacial score (nSPS) is 14.3. The molecule has 1 N–H and O–H groups in total. The van der Waals surface area contributed by atoms with Crippen molar-refractivity contribution in [2.45, 2.75) is 17.9 Å². The molecule has 0 atom stereocenters. The highest BCUT2D eigenvalue weighted by atomic mass is 32.3. The molecule has 0 unspecified atom stereocenters. The van der Waals surface area contributed by atoms with Crippen molar-refractivity contribution in [2.75, 3.05) is 0 Å². The highest BCUT2D eigenvalue weighted by Crippen LogP contribution is 2.15. The van der Waals surface area contributed by atoms with Crippen LogP contribution in [0.1, 0.15) is 22.3 Å². The first-order chi connectivity index (χ1) is 12.3. The molecular formula is C17H14FN3O4S. The van der Waals surface area contributed by atoms with Gasteiger partial charge in [0.05, 0.1) is 17.9 Å². The highest BCUT2D eigenvalue weighted by molar-refractivity contribution is 7.86. The van der Waals surface area contributed by atoms with Crippen LogP contribution in [-0.4, -0.2) is 31.1 Å². The summed E-state index contributed by atoms with van der Waals surface area (Å²) >= 11 is 0. The Balaban J connectivity index is 1.67. The molecule has 1 aliphatic heterocycles. The van der Waals surface area contributed by atoms with E-state index in [1.807, 2.05) is 30.3 Å². The number of amidine groups is 1. The van der Waals surface area contributed by atoms with Crippen molar-refractivity contribution in [2.24, 2.45) is 5.10 Å². The largest absolute Gasteiger partial charge is 0.332 e. The predicted octanol–water partition coefficient (Wildman–Crippen LogP) is 1.82. The molecule has 0 radical (unpaired) electrons. The van der Waals surface area contributed by atoms with Gasteiger partial charge in [-0.1, -0.05) is 30.3 Å². The van der Waals surface area contributed by atoms with E-state index in [2.05, 4.69) is 10.4 Å². The molecule has 2 aromatic carbocycles. The van der Waals surface area contributed by atoms with Crippen LogP contribution in [0.4, 0.5) is 3.89 Å². The Hall–Kier alpha value is -3.07. The highest BCUT2D eigenvalue weighted by Gasteiger charge is 2.25. The summed E-state index contributed by atoms with van der Waals surface area (Å²) in [4.78, 5) is 23.7. The Kier molecular flexibility index (Phi) is 4.81. The number of halogens is 1. The Labute approximate surface area is 149 Å². The topological polar surface area (TPSA) is 95.9 Å². The van der Waals surface area contributed by atoms with Crippen LogP contribution >= 0.6 is 0 Å². The minimum Gasteiger partial charge on any atom is -0.308 e. The number of hydrogen-bond acceptors (Lipinski definition) is 5. The SMILES string of the molecule is O=C(NC1=NN(Cc2ccccc2)C(=O)C1)c1ccc(S(=O)(=O)F)cc1. The van der Waals surface area contributed by atoms with Crippen LogP contribution in [0.3, 0.4) is 0 Å². The summed E-state index contributed by atoms with van der Waals surface area (Å²) in [5.41, 5.74) is 1.02. The van der Waals surface area contributed by atoms with E-state index in [0.717, 1.165) is 17.7 Å². The number of nitrogens with zero attached hydrogens (tertiary/aromatic N) is 2. The molecule has 1 aliphatic rings. The fourth-order valence-electron chi connectivity index (χ4n) is 2.39. The number of carbonyl (C=O) groups excluding carboxylic acids is 2. The smallest absolute Gasteiger partial charge is 0.308 e. The molecule has 0 spiro atoms. The van der Waals surface area contributed by atoms with Gasteiger partial charge in [0.2, 0.25) is 0 Å². The van der Waals surface area contributed by atoms with E-state index in [-0.39, 0.29) is 23.7 Å². The summed E-state index contributed by atoms with van der Waals surface area (Å²) in [6, 6.07) is 13.6. The van der Waals surface area contributed by atoms with Gasteiger partial charge in [0, 0.05) is 5.56 Å². The van der Waals surface area contributed by atoms with Crippen LogP contribution in [0.2, 0.25) is 0 Å². The van der Waals surface area contributed by atoms with Crippen molar-refractivity contribution in [1.82, 2.24) is 10.3 Å². The number of carbonyl (C=O) groups is 2. The lowest BCUT2D eigenvalue weighted by atomic mass is 10.2. The third-order valence-electron chi connectivity index (χ3n) is 3.68. The molecule has 0 aliphatic carbocycles. The summed E-state index contributed by atoms with van der Waals surface area (Å²) < 4.78 is 34.4. The summed E-state index contributed by atoms with van der Waals surface area (Å²) in [6.07, 6.45) is -0.0461. The predicted molar refractivity (Wildman–Crippen MR) is 91.2 cm³/mol. The number of amides is 2. The zero-order valence-corrected chi connectivity index (χ0v) is 14.2. The minimum atomic E-state index is -4.82. The Morgan fingerprint density at radius 2 is 1.77 bits per heavy atom.